The highest BCUT2D eigenvalue weighted by Gasteiger charge is 2.63. The lowest BCUT2D eigenvalue weighted by molar-refractivity contribution is -0.225. The highest BCUT2D eigenvalue weighted by molar-refractivity contribution is 6.02. The van der Waals surface area contributed by atoms with Crippen molar-refractivity contribution in [2.24, 2.45) is 22.7 Å². The number of H-pyrrole nitrogens is 1. The number of halogens is 4. The average molecular weight is 912 g/mol. The lowest BCUT2D eigenvalue weighted by Gasteiger charge is -2.38. The number of ether oxygens (including phenoxy) is 2. The van der Waals surface area contributed by atoms with Crippen molar-refractivity contribution in [3.05, 3.63) is 83.3 Å². The summed E-state index contributed by atoms with van der Waals surface area (Å²) in [7, 11) is 2.47. The lowest BCUT2D eigenvalue weighted by Crippen LogP contribution is -2.57. The highest BCUT2D eigenvalue weighted by atomic mass is 19.3. The first-order chi connectivity index (χ1) is 31.4. The molecule has 3 N–H and O–H groups in total. The van der Waals surface area contributed by atoms with Gasteiger partial charge in [-0.3, -0.25) is 14.6 Å². The number of aliphatic imine (C=N–C) groups is 1. The summed E-state index contributed by atoms with van der Waals surface area (Å²) in [6, 6.07) is 11.4. The van der Waals surface area contributed by atoms with E-state index in [1.807, 2.05) is 24.8 Å². The van der Waals surface area contributed by atoms with Crippen molar-refractivity contribution in [1.29, 1.82) is 0 Å². The molecule has 5 aliphatic rings. The van der Waals surface area contributed by atoms with Crippen molar-refractivity contribution < 1.29 is 46.2 Å². The van der Waals surface area contributed by atoms with Gasteiger partial charge in [-0.15, -0.1) is 0 Å². The molecule has 13 nitrogen and oxygen atoms in total. The minimum absolute atomic E-state index is 0.00359. The molecule has 2 aliphatic carbocycles. The molecule has 2 bridgehead atoms. The SMILES string of the molecule is COC(=O)N[C@H](C(=O)N1CCC[C@H]1c1ncc(-c2ccc3c(c2)C(F)(F)C(F)(F)c2cc(-c4ccc5c(c4)CC(C4[C@H]6CC[C@H](C6)N4C(=O)[C@@H](NC(=O)OC)C(C)C)=N5)ccc2-3)[nH]1)C(C)C. The van der Waals surface area contributed by atoms with Crippen LogP contribution in [0.25, 0.3) is 33.5 Å². The Kier molecular flexibility index (Phi) is 11.5. The minimum Gasteiger partial charge on any atom is -0.453 e. The molecule has 3 aliphatic heterocycles. The van der Waals surface area contributed by atoms with Crippen LogP contribution < -0.4 is 10.6 Å². The van der Waals surface area contributed by atoms with E-state index < -0.39 is 53.3 Å². The van der Waals surface area contributed by atoms with Crippen LogP contribution in [0.5, 0.6) is 0 Å². The smallest absolute Gasteiger partial charge is 0.407 e. The van der Waals surface area contributed by atoms with E-state index in [0.717, 1.165) is 42.7 Å². The number of likely N-dealkylation sites (tertiary alicyclic amines) is 2. The van der Waals surface area contributed by atoms with Gasteiger partial charge in [-0.2, -0.15) is 17.6 Å². The lowest BCUT2D eigenvalue weighted by atomic mass is 9.78. The van der Waals surface area contributed by atoms with Crippen molar-refractivity contribution in [3.8, 4) is 33.5 Å². The number of rotatable bonds is 10. The number of hydrogen-bond donors (Lipinski definition) is 3. The van der Waals surface area contributed by atoms with E-state index in [0.29, 0.717) is 54.1 Å². The number of aromatic amines is 1. The minimum atomic E-state index is -4.58. The van der Waals surface area contributed by atoms with Gasteiger partial charge >= 0.3 is 24.0 Å². The number of methoxy groups -OCH3 is 2. The molecule has 6 atom stereocenters. The molecule has 17 heteroatoms. The van der Waals surface area contributed by atoms with Gasteiger partial charge in [0.1, 0.15) is 17.9 Å². The van der Waals surface area contributed by atoms with Crippen LogP contribution in [-0.4, -0.2) is 94.4 Å². The maximum atomic E-state index is 16.3. The van der Waals surface area contributed by atoms with Gasteiger partial charge in [0, 0.05) is 41.4 Å². The van der Waals surface area contributed by atoms with Gasteiger partial charge in [0.2, 0.25) is 11.8 Å². The monoisotopic (exact) mass is 911 g/mol. The third kappa shape index (κ3) is 7.47. The standard InChI is InChI=1S/C49H53F4N7O6/c1-24(2)40(57-46(63)65-5)44(61)59-17-7-8-39(59)43-54-23-38(56-43)28-11-15-33-32-14-10-27(20-34(32)48(50,51)49(52,53)35(33)21-28)26-12-16-36-30(18-26)22-37(55-36)42-29-9-13-31(19-29)60(42)45(62)41(25(3)4)58-47(64)66-6/h10-12,14-16,18,20-21,23-25,29,31,39-42H,7-9,13,17,19,22H2,1-6H3,(H,54,56)(H,57,63)(H,58,64)/t29-,31+,39-,40-,41-,42?/m0/s1. The maximum Gasteiger partial charge on any atom is 0.407 e. The Morgan fingerprint density at radius 2 is 1.36 bits per heavy atom. The Labute approximate surface area is 379 Å². The molecule has 348 valence electrons. The predicted molar refractivity (Wildman–Crippen MR) is 237 cm³/mol. The first kappa shape index (κ1) is 44.9. The number of nitrogens with zero attached hydrogens (tertiary/aromatic N) is 4. The molecule has 2 saturated heterocycles. The Balaban J connectivity index is 0.957. The van der Waals surface area contributed by atoms with E-state index in [-0.39, 0.29) is 58.3 Å². The van der Waals surface area contributed by atoms with Gasteiger partial charge in [0.05, 0.1) is 43.9 Å². The Bertz CT molecular complexity index is 2650. The number of alkyl carbamates (subject to hydrolysis) is 2. The Morgan fingerprint density at radius 1 is 0.773 bits per heavy atom. The zero-order valence-corrected chi connectivity index (χ0v) is 37.6. The number of alkyl halides is 4. The van der Waals surface area contributed by atoms with Crippen LogP contribution in [-0.2, 0) is 37.3 Å². The molecule has 0 spiro atoms. The molecule has 0 radical (unpaired) electrons. The predicted octanol–water partition coefficient (Wildman–Crippen LogP) is 9.04. The summed E-state index contributed by atoms with van der Waals surface area (Å²) in [5.74, 6) is -9.45. The molecular weight excluding hydrogens is 859 g/mol. The molecule has 4 amide bonds. The van der Waals surface area contributed by atoms with Gasteiger partial charge in [-0.05, 0) is 102 Å². The molecule has 1 saturated carbocycles. The molecular formula is C49H53F4N7O6. The number of nitrogens with one attached hydrogen (secondary N) is 3. The van der Waals surface area contributed by atoms with E-state index in [1.54, 1.807) is 43.0 Å². The van der Waals surface area contributed by atoms with Crippen LogP contribution in [0.1, 0.15) is 88.4 Å². The quantitative estimate of drug-likeness (QED) is 0.134. The molecule has 4 heterocycles. The highest BCUT2D eigenvalue weighted by Crippen LogP contribution is 2.59. The number of carbonyl (C=O) groups is 4. The van der Waals surface area contributed by atoms with E-state index in [9.17, 15) is 19.2 Å². The maximum absolute atomic E-state index is 16.3. The van der Waals surface area contributed by atoms with Crippen LogP contribution in [0, 0.1) is 17.8 Å². The third-order valence-electron chi connectivity index (χ3n) is 14.2. The normalized spacial score (nSPS) is 22.9. The van der Waals surface area contributed by atoms with E-state index >= 15 is 17.6 Å². The molecule has 1 unspecified atom stereocenters. The molecule has 4 aromatic rings. The van der Waals surface area contributed by atoms with E-state index in [1.165, 1.54) is 32.5 Å². The van der Waals surface area contributed by atoms with Gasteiger partial charge in [-0.1, -0.05) is 58.0 Å². The fourth-order valence-corrected chi connectivity index (χ4v) is 10.8. The number of carbonyl (C=O) groups excluding carboxylic acids is 4. The van der Waals surface area contributed by atoms with Crippen LogP contribution in [0.3, 0.4) is 0 Å². The van der Waals surface area contributed by atoms with Crippen molar-refractivity contribution >= 4 is 35.4 Å². The summed E-state index contributed by atoms with van der Waals surface area (Å²) in [5.41, 5.74) is 2.19. The van der Waals surface area contributed by atoms with E-state index in [2.05, 4.69) is 20.6 Å². The largest absolute Gasteiger partial charge is 0.453 e. The summed E-state index contributed by atoms with van der Waals surface area (Å²) in [6.45, 7) is 7.76. The average Bonchev–Trinajstić information content (AvgIpc) is 4.17. The Morgan fingerprint density at radius 3 is 2.00 bits per heavy atom. The van der Waals surface area contributed by atoms with Crippen molar-refractivity contribution in [1.82, 2.24) is 30.4 Å². The summed E-state index contributed by atoms with van der Waals surface area (Å²) in [4.78, 5) is 68.0. The Hall–Kier alpha value is -6.26. The molecule has 3 aromatic carbocycles. The topological polar surface area (TPSA) is 158 Å². The molecule has 66 heavy (non-hydrogen) atoms. The number of amides is 4. The van der Waals surface area contributed by atoms with Crippen LogP contribution >= 0.6 is 0 Å². The molecule has 3 fully saturated rings. The second-order valence-corrected chi connectivity index (χ2v) is 18.8. The first-order valence-electron chi connectivity index (χ1n) is 22.6. The number of piperidine rings is 1. The summed E-state index contributed by atoms with van der Waals surface area (Å²) in [6.07, 6.45) is 4.33. The second kappa shape index (κ2) is 16.9. The fraction of sp³-hybridized carbons (Fsp3) is 0.469. The summed E-state index contributed by atoms with van der Waals surface area (Å²) in [5, 5.41) is 5.31. The zero-order chi connectivity index (χ0) is 47.0. The van der Waals surface area contributed by atoms with Crippen molar-refractivity contribution in [3.63, 3.8) is 0 Å². The van der Waals surface area contributed by atoms with Crippen LogP contribution in [0.2, 0.25) is 0 Å². The summed E-state index contributed by atoms with van der Waals surface area (Å²) < 4.78 is 74.8. The second-order valence-electron chi connectivity index (χ2n) is 18.8. The van der Waals surface area contributed by atoms with Gasteiger partial charge in [0.25, 0.3) is 0 Å². The van der Waals surface area contributed by atoms with Crippen LogP contribution in [0.4, 0.5) is 32.8 Å². The fourth-order valence-electron chi connectivity index (χ4n) is 10.8. The number of aromatic nitrogens is 2. The number of benzene rings is 3. The van der Waals surface area contributed by atoms with E-state index in [4.69, 9.17) is 14.5 Å². The summed E-state index contributed by atoms with van der Waals surface area (Å²) >= 11 is 0. The first-order valence-corrected chi connectivity index (χ1v) is 22.6. The van der Waals surface area contributed by atoms with Crippen molar-refractivity contribution in [2.75, 3.05) is 20.8 Å². The zero-order valence-electron chi connectivity index (χ0n) is 37.6. The van der Waals surface area contributed by atoms with Gasteiger partial charge in [0.15, 0.2) is 0 Å². The van der Waals surface area contributed by atoms with Gasteiger partial charge in [-0.25, -0.2) is 14.6 Å². The van der Waals surface area contributed by atoms with Crippen LogP contribution in [0.15, 0.2) is 65.8 Å². The number of fused-ring (bicyclic) bond motifs is 6. The van der Waals surface area contributed by atoms with Gasteiger partial charge < -0.3 is 34.9 Å². The molecule has 9 rings (SSSR count). The third-order valence-corrected chi connectivity index (χ3v) is 14.2. The number of hydrogen-bond acceptors (Lipinski definition) is 8. The molecule has 1 aromatic heterocycles. The van der Waals surface area contributed by atoms with Crippen molar-refractivity contribution in [2.45, 2.75) is 108 Å². The number of imidazole rings is 1.